The zero-order valence-corrected chi connectivity index (χ0v) is 13.3. The molecule has 2 aromatic rings. The van der Waals surface area contributed by atoms with Crippen LogP contribution in [0, 0.1) is 18.7 Å². The van der Waals surface area contributed by atoms with E-state index in [-0.39, 0.29) is 17.3 Å². The summed E-state index contributed by atoms with van der Waals surface area (Å²) in [5.74, 6) is -1.66. The Morgan fingerprint density at radius 1 is 1.38 bits per heavy atom. The van der Waals surface area contributed by atoms with E-state index < -0.39 is 30.5 Å². The summed E-state index contributed by atoms with van der Waals surface area (Å²) in [6.45, 7) is 1.81. The van der Waals surface area contributed by atoms with Crippen LogP contribution >= 0.6 is 0 Å². The lowest BCUT2D eigenvalue weighted by Gasteiger charge is -2.29. The first kappa shape index (κ1) is 16.8. The summed E-state index contributed by atoms with van der Waals surface area (Å²) in [5.41, 5.74) is 0.244. The van der Waals surface area contributed by atoms with Crippen LogP contribution in [0.1, 0.15) is 35.9 Å². The van der Waals surface area contributed by atoms with E-state index in [1.807, 2.05) is 0 Å². The van der Waals surface area contributed by atoms with Crippen molar-refractivity contribution >= 4 is 16.9 Å². The Morgan fingerprint density at radius 3 is 2.58 bits per heavy atom. The van der Waals surface area contributed by atoms with Crippen LogP contribution in [0.25, 0.3) is 11.0 Å². The van der Waals surface area contributed by atoms with Crippen molar-refractivity contribution in [2.45, 2.75) is 38.9 Å². The number of para-hydroxylation sites is 1. The lowest BCUT2D eigenvalue weighted by molar-refractivity contribution is -0.145. The van der Waals surface area contributed by atoms with Crippen LogP contribution in [0.5, 0.6) is 0 Å². The summed E-state index contributed by atoms with van der Waals surface area (Å²) >= 11 is 0. The predicted molar refractivity (Wildman–Crippen MR) is 80.2 cm³/mol. The predicted octanol–water partition coefficient (Wildman–Crippen LogP) is 4.68. The third-order valence-electron chi connectivity index (χ3n) is 4.52. The number of rotatable bonds is 4. The van der Waals surface area contributed by atoms with Crippen LogP contribution in [0.15, 0.2) is 22.6 Å². The van der Waals surface area contributed by atoms with Gasteiger partial charge in [-0.15, -0.1) is 0 Å². The average molecular weight is 343 g/mol. The van der Waals surface area contributed by atoms with Crippen molar-refractivity contribution in [3.63, 3.8) is 0 Å². The van der Waals surface area contributed by atoms with Gasteiger partial charge in [0, 0.05) is 17.0 Å². The van der Waals surface area contributed by atoms with Crippen molar-refractivity contribution in [2.24, 2.45) is 5.92 Å². The molecule has 24 heavy (non-hydrogen) atoms. The first-order valence-corrected chi connectivity index (χ1v) is 7.74. The van der Waals surface area contributed by atoms with Gasteiger partial charge < -0.3 is 9.32 Å². The van der Waals surface area contributed by atoms with Gasteiger partial charge in [0.2, 0.25) is 0 Å². The van der Waals surface area contributed by atoms with E-state index in [2.05, 4.69) is 0 Å². The maximum absolute atomic E-state index is 13.8. The van der Waals surface area contributed by atoms with Gasteiger partial charge in [-0.05, 0) is 38.7 Å². The van der Waals surface area contributed by atoms with E-state index in [1.54, 1.807) is 19.9 Å². The molecule has 1 heterocycles. The maximum Gasteiger partial charge on any atom is 0.406 e. The number of halogens is 4. The Morgan fingerprint density at radius 2 is 2.04 bits per heavy atom. The van der Waals surface area contributed by atoms with Crippen LogP contribution in [0.2, 0.25) is 0 Å². The topological polar surface area (TPSA) is 33.5 Å². The van der Waals surface area contributed by atoms with Crippen molar-refractivity contribution in [1.82, 2.24) is 4.90 Å². The molecular weight excluding hydrogens is 326 g/mol. The largest absolute Gasteiger partial charge is 0.448 e. The molecule has 1 amide bonds. The minimum Gasteiger partial charge on any atom is -0.448 e. The molecule has 1 aromatic carbocycles. The number of hydrogen-bond acceptors (Lipinski definition) is 2. The molecule has 1 saturated carbocycles. The van der Waals surface area contributed by atoms with Gasteiger partial charge in [0.25, 0.3) is 5.91 Å². The van der Waals surface area contributed by atoms with Gasteiger partial charge in [0.1, 0.15) is 6.54 Å². The Labute approximate surface area is 136 Å². The number of hydrogen-bond donors (Lipinski definition) is 0. The van der Waals surface area contributed by atoms with Crippen molar-refractivity contribution < 1.29 is 26.8 Å². The fourth-order valence-electron chi connectivity index (χ4n) is 2.97. The van der Waals surface area contributed by atoms with Crippen LogP contribution in [-0.4, -0.2) is 29.6 Å². The molecule has 1 fully saturated rings. The van der Waals surface area contributed by atoms with E-state index in [1.165, 1.54) is 12.1 Å². The van der Waals surface area contributed by atoms with Crippen LogP contribution in [0.4, 0.5) is 17.6 Å². The highest BCUT2D eigenvalue weighted by atomic mass is 19.4. The van der Waals surface area contributed by atoms with Crippen molar-refractivity contribution in [1.29, 1.82) is 0 Å². The normalized spacial score (nSPS) is 16.4. The van der Waals surface area contributed by atoms with E-state index in [0.717, 1.165) is 17.7 Å². The van der Waals surface area contributed by atoms with E-state index >= 15 is 0 Å². The highest BCUT2D eigenvalue weighted by molar-refractivity contribution is 5.99. The molecule has 0 spiro atoms. The third kappa shape index (κ3) is 3.12. The SMILES string of the molecule is Cc1c(C(=O)N(CC(F)(F)F)[C@@H](C)C2CC2)oc2c(F)cccc12. The lowest BCUT2D eigenvalue weighted by Crippen LogP contribution is -2.45. The number of benzene rings is 1. The van der Waals surface area contributed by atoms with Crippen molar-refractivity contribution in [3.05, 3.63) is 35.3 Å². The van der Waals surface area contributed by atoms with Gasteiger partial charge >= 0.3 is 6.18 Å². The number of aryl methyl sites for hydroxylation is 1. The summed E-state index contributed by atoms with van der Waals surface area (Å²) in [5, 5.41) is 0.393. The van der Waals surface area contributed by atoms with Gasteiger partial charge in [-0.25, -0.2) is 4.39 Å². The Kier molecular flexibility index (Phi) is 4.05. The number of carbonyl (C=O) groups is 1. The molecule has 130 valence electrons. The number of alkyl halides is 3. The van der Waals surface area contributed by atoms with Gasteiger partial charge in [-0.2, -0.15) is 13.2 Å². The van der Waals surface area contributed by atoms with Crippen LogP contribution in [0.3, 0.4) is 0 Å². The number of furan rings is 1. The molecule has 0 saturated heterocycles. The highest BCUT2D eigenvalue weighted by Gasteiger charge is 2.42. The highest BCUT2D eigenvalue weighted by Crippen LogP contribution is 2.37. The van der Waals surface area contributed by atoms with Gasteiger partial charge in [0.05, 0.1) is 0 Å². The quantitative estimate of drug-likeness (QED) is 0.755. The smallest absolute Gasteiger partial charge is 0.406 e. The summed E-state index contributed by atoms with van der Waals surface area (Å²) in [4.78, 5) is 13.5. The Hall–Kier alpha value is -2.05. The minimum atomic E-state index is -4.51. The second-order valence-electron chi connectivity index (χ2n) is 6.30. The number of amides is 1. The molecule has 1 aromatic heterocycles. The monoisotopic (exact) mass is 343 g/mol. The summed E-state index contributed by atoms with van der Waals surface area (Å²) in [6.07, 6.45) is -2.91. The molecule has 1 aliphatic carbocycles. The van der Waals surface area contributed by atoms with Crippen molar-refractivity contribution in [3.8, 4) is 0 Å². The fraction of sp³-hybridized carbons (Fsp3) is 0.471. The van der Waals surface area contributed by atoms with E-state index in [9.17, 15) is 22.4 Å². The lowest BCUT2D eigenvalue weighted by atomic mass is 10.1. The second-order valence-corrected chi connectivity index (χ2v) is 6.30. The maximum atomic E-state index is 13.8. The van der Waals surface area contributed by atoms with Crippen molar-refractivity contribution in [2.75, 3.05) is 6.54 Å². The molecule has 0 aliphatic heterocycles. The molecule has 1 atom stereocenters. The zero-order valence-electron chi connectivity index (χ0n) is 13.3. The summed E-state index contributed by atoms with van der Waals surface area (Å²) in [6, 6.07) is 3.68. The Balaban J connectivity index is 2.00. The second kappa shape index (κ2) is 5.79. The Bertz CT molecular complexity index is 777. The van der Waals surface area contributed by atoms with Gasteiger partial charge in [-0.3, -0.25) is 4.79 Å². The molecule has 3 nitrogen and oxygen atoms in total. The van der Waals surface area contributed by atoms with E-state index in [4.69, 9.17) is 4.42 Å². The first-order valence-electron chi connectivity index (χ1n) is 7.74. The summed E-state index contributed by atoms with van der Waals surface area (Å²) < 4.78 is 57.8. The number of carbonyl (C=O) groups excluding carboxylic acids is 1. The number of nitrogens with zero attached hydrogens (tertiary/aromatic N) is 1. The summed E-state index contributed by atoms with van der Waals surface area (Å²) in [7, 11) is 0. The fourth-order valence-corrected chi connectivity index (χ4v) is 2.97. The molecule has 1 aliphatic rings. The zero-order chi connectivity index (χ0) is 17.6. The molecule has 0 N–H and O–H groups in total. The van der Waals surface area contributed by atoms with Gasteiger partial charge in [-0.1, -0.05) is 12.1 Å². The first-order chi connectivity index (χ1) is 11.2. The minimum absolute atomic E-state index is 0.0673. The molecule has 7 heteroatoms. The molecule has 3 rings (SSSR count). The molecule has 0 unspecified atom stereocenters. The van der Waals surface area contributed by atoms with Gasteiger partial charge in [0.15, 0.2) is 17.2 Å². The average Bonchev–Trinajstić information content (AvgIpc) is 3.28. The molecule has 0 radical (unpaired) electrons. The van der Waals surface area contributed by atoms with Crippen LogP contribution in [-0.2, 0) is 0 Å². The number of fused-ring (bicyclic) bond motifs is 1. The van der Waals surface area contributed by atoms with Crippen LogP contribution < -0.4 is 0 Å². The molecule has 0 bridgehead atoms. The molecular formula is C17H17F4NO2. The van der Waals surface area contributed by atoms with E-state index in [0.29, 0.717) is 10.9 Å². The third-order valence-corrected chi connectivity index (χ3v) is 4.52. The standard InChI is InChI=1S/C17H17F4NO2/c1-9-12-4-3-5-13(18)15(12)24-14(9)16(23)22(8-17(19,20)21)10(2)11-6-7-11/h3-5,10-11H,6-8H2,1-2H3/t10-/m0/s1.